The molecule has 1 atom stereocenters. The lowest BCUT2D eigenvalue weighted by molar-refractivity contribution is -0.136. The van der Waals surface area contributed by atoms with Crippen LogP contribution in [-0.4, -0.2) is 36.9 Å². The fraction of sp³-hybridized carbons (Fsp3) is 0.333. The molecule has 118 valence electrons. The van der Waals surface area contributed by atoms with Crippen LogP contribution in [0.1, 0.15) is 36.6 Å². The summed E-state index contributed by atoms with van der Waals surface area (Å²) in [4.78, 5) is 11.2. The van der Waals surface area contributed by atoms with Crippen LogP contribution in [0.15, 0.2) is 34.5 Å². The summed E-state index contributed by atoms with van der Waals surface area (Å²) in [5.41, 5.74) is 1.33. The first-order valence-electron chi connectivity index (χ1n) is 7.30. The number of hydrogen-bond donors (Lipinski definition) is 1. The van der Waals surface area contributed by atoms with Gasteiger partial charge in [-0.3, -0.25) is 4.79 Å². The third-order valence-electron chi connectivity index (χ3n) is 3.84. The van der Waals surface area contributed by atoms with E-state index in [4.69, 9.17) is 5.11 Å². The Kier molecular flexibility index (Phi) is 3.41. The van der Waals surface area contributed by atoms with E-state index in [1.165, 1.54) is 23.9 Å². The summed E-state index contributed by atoms with van der Waals surface area (Å²) in [6, 6.07) is 5.94. The molecule has 1 N–H and O–H groups in total. The van der Waals surface area contributed by atoms with Gasteiger partial charge in [-0.05, 0) is 30.5 Å². The SMILES string of the molecule is O=C(O)CC1Sc2nnc(C3CC3)n2N=C1c1ccc(F)cc1. The van der Waals surface area contributed by atoms with E-state index < -0.39 is 5.97 Å². The van der Waals surface area contributed by atoms with E-state index in [0.29, 0.717) is 22.3 Å². The molecule has 1 aliphatic heterocycles. The maximum Gasteiger partial charge on any atom is 0.304 e. The van der Waals surface area contributed by atoms with Gasteiger partial charge in [0.1, 0.15) is 5.82 Å². The molecule has 1 aromatic carbocycles. The van der Waals surface area contributed by atoms with E-state index in [1.54, 1.807) is 16.8 Å². The van der Waals surface area contributed by atoms with E-state index >= 15 is 0 Å². The van der Waals surface area contributed by atoms with E-state index in [9.17, 15) is 9.18 Å². The lowest BCUT2D eigenvalue weighted by Gasteiger charge is -2.22. The largest absolute Gasteiger partial charge is 0.481 e. The first-order valence-corrected chi connectivity index (χ1v) is 8.18. The van der Waals surface area contributed by atoms with Gasteiger partial charge in [-0.25, -0.2) is 4.39 Å². The van der Waals surface area contributed by atoms with Crippen molar-refractivity contribution in [3.8, 4) is 0 Å². The number of thioether (sulfide) groups is 1. The molecule has 0 amide bonds. The van der Waals surface area contributed by atoms with Gasteiger partial charge in [0.2, 0.25) is 5.16 Å². The zero-order valence-corrected chi connectivity index (χ0v) is 12.8. The van der Waals surface area contributed by atoms with Crippen LogP contribution in [0.4, 0.5) is 4.39 Å². The Bertz CT molecular complexity index is 798. The topological polar surface area (TPSA) is 80.4 Å². The van der Waals surface area contributed by atoms with Crippen LogP contribution in [0, 0.1) is 5.82 Å². The standard InChI is InChI=1S/C15H13FN4O2S/c16-10-5-3-8(4-6-10)13-11(7-12(21)22)23-15-18-17-14(9-1-2-9)20(15)19-13/h3-6,9,11H,1-2,7H2,(H,21,22). The number of rotatable bonds is 4. The zero-order chi connectivity index (χ0) is 16.0. The normalized spacial score (nSPS) is 20.0. The Labute approximate surface area is 135 Å². The van der Waals surface area contributed by atoms with Crippen molar-refractivity contribution in [1.29, 1.82) is 0 Å². The van der Waals surface area contributed by atoms with Crippen LogP contribution in [0.25, 0.3) is 0 Å². The summed E-state index contributed by atoms with van der Waals surface area (Å²) >= 11 is 1.34. The molecule has 2 heterocycles. The third-order valence-corrected chi connectivity index (χ3v) is 4.98. The van der Waals surface area contributed by atoms with E-state index in [2.05, 4.69) is 15.3 Å². The number of nitrogens with zero attached hydrogens (tertiary/aromatic N) is 4. The Morgan fingerprint density at radius 3 is 2.70 bits per heavy atom. The highest BCUT2D eigenvalue weighted by Gasteiger charge is 2.35. The van der Waals surface area contributed by atoms with Gasteiger partial charge in [0.05, 0.1) is 17.4 Å². The summed E-state index contributed by atoms with van der Waals surface area (Å²) in [7, 11) is 0. The summed E-state index contributed by atoms with van der Waals surface area (Å²) < 4.78 is 14.9. The molecule has 4 rings (SSSR count). The molecule has 1 unspecified atom stereocenters. The lowest BCUT2D eigenvalue weighted by atomic mass is 10.1. The first kappa shape index (κ1) is 14.4. The van der Waals surface area contributed by atoms with Gasteiger partial charge in [0.15, 0.2) is 5.82 Å². The quantitative estimate of drug-likeness (QED) is 0.930. The van der Waals surface area contributed by atoms with Gasteiger partial charge in [-0.15, -0.1) is 10.2 Å². The van der Waals surface area contributed by atoms with Crippen molar-refractivity contribution < 1.29 is 14.3 Å². The van der Waals surface area contributed by atoms with Crippen molar-refractivity contribution in [3.05, 3.63) is 41.5 Å². The fourth-order valence-corrected chi connectivity index (χ4v) is 3.65. The summed E-state index contributed by atoms with van der Waals surface area (Å²) in [5, 5.41) is 22.3. The molecule has 2 aliphatic rings. The molecular formula is C15H13FN4O2S. The van der Waals surface area contributed by atoms with Gasteiger partial charge >= 0.3 is 5.97 Å². The molecular weight excluding hydrogens is 319 g/mol. The van der Waals surface area contributed by atoms with Gasteiger partial charge in [0.25, 0.3) is 0 Å². The number of aliphatic carboxylic acids is 1. The van der Waals surface area contributed by atoms with E-state index in [-0.39, 0.29) is 17.5 Å². The number of aromatic nitrogens is 3. The molecule has 8 heteroatoms. The van der Waals surface area contributed by atoms with Crippen LogP contribution in [0.3, 0.4) is 0 Å². The van der Waals surface area contributed by atoms with Crippen molar-refractivity contribution in [3.63, 3.8) is 0 Å². The molecule has 0 radical (unpaired) electrons. The number of fused-ring (bicyclic) bond motifs is 1. The molecule has 23 heavy (non-hydrogen) atoms. The monoisotopic (exact) mass is 332 g/mol. The minimum absolute atomic E-state index is 0.0769. The van der Waals surface area contributed by atoms with Crippen LogP contribution < -0.4 is 0 Å². The number of benzene rings is 1. The molecule has 1 saturated carbocycles. The fourth-order valence-electron chi connectivity index (χ4n) is 2.56. The molecule has 0 spiro atoms. The predicted octanol–water partition coefficient (Wildman–Crippen LogP) is 2.50. The summed E-state index contributed by atoms with van der Waals surface area (Å²) in [5.74, 6) is -0.0454. The maximum absolute atomic E-state index is 13.2. The highest BCUT2D eigenvalue weighted by Crippen LogP contribution is 2.42. The molecule has 1 fully saturated rings. The predicted molar refractivity (Wildman–Crippen MR) is 82.2 cm³/mol. The minimum Gasteiger partial charge on any atom is -0.481 e. The third kappa shape index (κ3) is 2.74. The molecule has 1 aliphatic carbocycles. The Morgan fingerprint density at radius 2 is 2.04 bits per heavy atom. The molecule has 1 aromatic heterocycles. The van der Waals surface area contributed by atoms with Crippen LogP contribution in [0.2, 0.25) is 0 Å². The maximum atomic E-state index is 13.2. The second-order valence-electron chi connectivity index (χ2n) is 5.62. The smallest absolute Gasteiger partial charge is 0.304 e. The Morgan fingerprint density at radius 1 is 1.30 bits per heavy atom. The molecule has 0 bridgehead atoms. The lowest BCUT2D eigenvalue weighted by Crippen LogP contribution is -2.27. The van der Waals surface area contributed by atoms with Crippen molar-refractivity contribution in [2.24, 2.45) is 5.10 Å². The number of carboxylic acid groups (broad SMARTS) is 1. The Balaban J connectivity index is 1.78. The van der Waals surface area contributed by atoms with Crippen LogP contribution in [-0.2, 0) is 4.79 Å². The van der Waals surface area contributed by atoms with E-state index in [0.717, 1.165) is 18.7 Å². The highest BCUT2D eigenvalue weighted by atomic mass is 32.2. The van der Waals surface area contributed by atoms with E-state index in [1.807, 2.05) is 0 Å². The highest BCUT2D eigenvalue weighted by molar-refractivity contribution is 8.00. The van der Waals surface area contributed by atoms with Crippen molar-refractivity contribution in [2.45, 2.75) is 35.6 Å². The second kappa shape index (κ2) is 5.45. The molecule has 2 aromatic rings. The van der Waals surface area contributed by atoms with Gasteiger partial charge in [-0.1, -0.05) is 23.9 Å². The van der Waals surface area contributed by atoms with Gasteiger partial charge in [-0.2, -0.15) is 9.78 Å². The number of carboxylic acids is 1. The minimum atomic E-state index is -0.910. The van der Waals surface area contributed by atoms with Crippen molar-refractivity contribution >= 4 is 23.4 Å². The summed E-state index contributed by atoms with van der Waals surface area (Å²) in [6.45, 7) is 0. The van der Waals surface area contributed by atoms with Crippen molar-refractivity contribution in [1.82, 2.24) is 14.9 Å². The number of hydrogen-bond acceptors (Lipinski definition) is 5. The first-order chi connectivity index (χ1) is 11.1. The number of halogens is 1. The second-order valence-corrected chi connectivity index (χ2v) is 6.79. The molecule has 6 nitrogen and oxygen atoms in total. The zero-order valence-electron chi connectivity index (χ0n) is 12.0. The summed E-state index contributed by atoms with van der Waals surface area (Å²) in [6.07, 6.45) is 2.07. The van der Waals surface area contributed by atoms with Crippen LogP contribution in [0.5, 0.6) is 0 Å². The van der Waals surface area contributed by atoms with Crippen molar-refractivity contribution in [2.75, 3.05) is 0 Å². The average Bonchev–Trinajstić information content (AvgIpc) is 3.28. The molecule has 0 saturated heterocycles. The Hall–Kier alpha value is -2.22. The van der Waals surface area contributed by atoms with Crippen LogP contribution >= 0.6 is 11.8 Å². The van der Waals surface area contributed by atoms with Gasteiger partial charge in [0, 0.05) is 5.92 Å². The average molecular weight is 332 g/mol. The van der Waals surface area contributed by atoms with Gasteiger partial charge < -0.3 is 5.11 Å². The number of carbonyl (C=O) groups is 1.